The van der Waals surface area contributed by atoms with E-state index in [4.69, 9.17) is 14.5 Å². The van der Waals surface area contributed by atoms with E-state index in [1.807, 2.05) is 122 Å². The molecule has 6 nitrogen and oxygen atoms in total. The summed E-state index contributed by atoms with van der Waals surface area (Å²) in [5.41, 5.74) is 4.17. The number of carbonyl (C=O) groups excluding carboxylic acids is 1. The van der Waals surface area contributed by atoms with Gasteiger partial charge in [-0.3, -0.25) is 9.36 Å². The topological polar surface area (TPSA) is 69.9 Å². The second-order valence-corrected chi connectivity index (χ2v) is 11.9. The van der Waals surface area contributed by atoms with Crippen LogP contribution in [-0.2, 0) is 16.1 Å². The molecule has 1 unspecified atom stereocenters. The molecule has 0 bridgehead atoms. The summed E-state index contributed by atoms with van der Waals surface area (Å²) in [6, 6.07) is 34.5. The van der Waals surface area contributed by atoms with Gasteiger partial charge >= 0.3 is 5.97 Å². The number of esters is 1. The lowest BCUT2D eigenvalue weighted by molar-refractivity contribution is -0.138. The minimum Gasteiger partial charge on any atom is -0.489 e. The smallest absolute Gasteiger partial charge is 0.338 e. The Morgan fingerprint density at radius 1 is 0.932 bits per heavy atom. The molecule has 1 atom stereocenters. The van der Waals surface area contributed by atoms with E-state index in [0.717, 1.165) is 32.9 Å². The van der Waals surface area contributed by atoms with E-state index < -0.39 is 12.0 Å². The Kier molecular flexibility index (Phi) is 8.91. The van der Waals surface area contributed by atoms with Gasteiger partial charge in [0.25, 0.3) is 5.56 Å². The summed E-state index contributed by atoms with van der Waals surface area (Å²) in [6.45, 7) is 2.46. The minimum absolute atomic E-state index is 0.206. The molecule has 0 radical (unpaired) electrons. The standard InChI is InChI=1S/C36H30N2O4S2/c1-3-41-35(40)31-32(26-12-8-5-9-13-26)37-36-38(33(31)27-16-20-29(43-2)21-17-27)34(39)30(44-36)22-24-14-18-28(19-15-24)42-23-25-10-6-4-7-11-25/h4-22,33H,3,23H2,1-2H3/b30-22-. The van der Waals surface area contributed by atoms with Crippen molar-refractivity contribution >= 4 is 40.8 Å². The SMILES string of the molecule is CCOC(=O)C1=C(c2ccccc2)N=c2s/c(=C\c3ccc(OCc4ccccc4)cc3)c(=O)n2C1c1ccc(SC)cc1. The molecule has 0 aliphatic carbocycles. The normalized spacial score (nSPS) is 14.6. The highest BCUT2D eigenvalue weighted by molar-refractivity contribution is 7.98. The zero-order valence-corrected chi connectivity index (χ0v) is 25.9. The van der Waals surface area contributed by atoms with Crippen molar-refractivity contribution in [3.63, 3.8) is 0 Å². The van der Waals surface area contributed by atoms with Crippen molar-refractivity contribution in [1.82, 2.24) is 4.57 Å². The number of nitrogens with zero attached hydrogens (tertiary/aromatic N) is 2. The first-order valence-electron chi connectivity index (χ1n) is 14.2. The number of carbonyl (C=O) groups is 1. The Hall–Kier alpha value is -4.66. The zero-order valence-electron chi connectivity index (χ0n) is 24.3. The largest absolute Gasteiger partial charge is 0.489 e. The molecular formula is C36H30N2O4S2. The summed E-state index contributed by atoms with van der Waals surface area (Å²) in [5, 5.41) is 0. The number of fused-ring (bicyclic) bond motifs is 1. The van der Waals surface area contributed by atoms with Crippen LogP contribution in [0.1, 0.15) is 35.2 Å². The summed E-state index contributed by atoms with van der Waals surface area (Å²) in [5.74, 6) is 0.252. The van der Waals surface area contributed by atoms with Crippen LogP contribution in [0.5, 0.6) is 5.75 Å². The summed E-state index contributed by atoms with van der Waals surface area (Å²) >= 11 is 2.94. The number of ether oxygens (including phenoxy) is 2. The molecule has 220 valence electrons. The van der Waals surface area contributed by atoms with Crippen LogP contribution in [0.15, 0.2) is 129 Å². The molecule has 0 saturated heterocycles. The maximum absolute atomic E-state index is 14.1. The fourth-order valence-corrected chi connectivity index (χ4v) is 6.50. The molecule has 8 heteroatoms. The third kappa shape index (κ3) is 6.18. The van der Waals surface area contributed by atoms with Crippen molar-refractivity contribution in [3.8, 4) is 5.75 Å². The predicted molar refractivity (Wildman–Crippen MR) is 176 cm³/mol. The number of thioether (sulfide) groups is 1. The van der Waals surface area contributed by atoms with E-state index in [2.05, 4.69) is 0 Å². The van der Waals surface area contributed by atoms with Crippen LogP contribution >= 0.6 is 23.1 Å². The molecule has 6 rings (SSSR count). The fourth-order valence-electron chi connectivity index (χ4n) is 5.09. The number of thiazole rings is 1. The van der Waals surface area contributed by atoms with Crippen molar-refractivity contribution in [2.75, 3.05) is 12.9 Å². The molecule has 44 heavy (non-hydrogen) atoms. The summed E-state index contributed by atoms with van der Waals surface area (Å²) in [6.07, 6.45) is 3.87. The molecule has 2 heterocycles. The van der Waals surface area contributed by atoms with Gasteiger partial charge < -0.3 is 9.47 Å². The number of aromatic nitrogens is 1. The second kappa shape index (κ2) is 13.3. The molecule has 0 spiro atoms. The summed E-state index contributed by atoms with van der Waals surface area (Å²) in [7, 11) is 0. The van der Waals surface area contributed by atoms with Gasteiger partial charge in [0.1, 0.15) is 12.4 Å². The highest BCUT2D eigenvalue weighted by Crippen LogP contribution is 2.35. The average Bonchev–Trinajstić information content (AvgIpc) is 3.38. The molecule has 1 aliphatic heterocycles. The van der Waals surface area contributed by atoms with Crippen molar-refractivity contribution in [3.05, 3.63) is 157 Å². The van der Waals surface area contributed by atoms with Crippen LogP contribution in [0, 0.1) is 0 Å². The molecule has 0 saturated carbocycles. The molecule has 1 aromatic heterocycles. The molecular weight excluding hydrogens is 589 g/mol. The lowest BCUT2D eigenvalue weighted by Crippen LogP contribution is -2.40. The van der Waals surface area contributed by atoms with Crippen molar-refractivity contribution < 1.29 is 14.3 Å². The quantitative estimate of drug-likeness (QED) is 0.145. The van der Waals surface area contributed by atoms with Crippen molar-refractivity contribution in [2.45, 2.75) is 24.5 Å². The van der Waals surface area contributed by atoms with Gasteiger partial charge in [0.05, 0.1) is 28.5 Å². The first kappa shape index (κ1) is 29.4. The Balaban J connectivity index is 1.45. The van der Waals surface area contributed by atoms with Gasteiger partial charge in [-0.2, -0.15) is 0 Å². The maximum atomic E-state index is 14.1. The second-order valence-electron chi connectivity index (χ2n) is 10.0. The maximum Gasteiger partial charge on any atom is 0.338 e. The van der Waals surface area contributed by atoms with Gasteiger partial charge in [0.2, 0.25) is 0 Å². The zero-order chi connectivity index (χ0) is 30.5. The Bertz CT molecular complexity index is 1980. The number of hydrogen-bond donors (Lipinski definition) is 0. The number of hydrogen-bond acceptors (Lipinski definition) is 7. The average molecular weight is 619 g/mol. The monoisotopic (exact) mass is 618 g/mol. The Morgan fingerprint density at radius 2 is 1.61 bits per heavy atom. The lowest BCUT2D eigenvalue weighted by Gasteiger charge is -2.26. The summed E-state index contributed by atoms with van der Waals surface area (Å²) in [4.78, 5) is 34.2. The van der Waals surface area contributed by atoms with Gasteiger partial charge in [-0.05, 0) is 60.2 Å². The van der Waals surface area contributed by atoms with E-state index in [9.17, 15) is 9.59 Å². The van der Waals surface area contributed by atoms with Crippen LogP contribution in [0.3, 0.4) is 0 Å². The van der Waals surface area contributed by atoms with Gasteiger partial charge in [0.15, 0.2) is 4.80 Å². The van der Waals surface area contributed by atoms with Crippen LogP contribution in [0.2, 0.25) is 0 Å². The highest BCUT2D eigenvalue weighted by atomic mass is 32.2. The van der Waals surface area contributed by atoms with Crippen molar-refractivity contribution in [2.24, 2.45) is 4.99 Å². The van der Waals surface area contributed by atoms with Crippen LogP contribution < -0.4 is 19.6 Å². The number of benzene rings is 4. The summed E-state index contributed by atoms with van der Waals surface area (Å²) < 4.78 is 13.6. The molecule has 5 aromatic rings. The molecule has 1 aliphatic rings. The third-order valence-corrected chi connectivity index (χ3v) is 8.96. The minimum atomic E-state index is -0.702. The highest BCUT2D eigenvalue weighted by Gasteiger charge is 2.35. The molecule has 4 aromatic carbocycles. The first-order chi connectivity index (χ1) is 21.6. The van der Waals surface area contributed by atoms with E-state index in [1.54, 1.807) is 23.3 Å². The van der Waals surface area contributed by atoms with Gasteiger partial charge in [-0.15, -0.1) is 11.8 Å². The Labute approximate surface area is 263 Å². The number of rotatable bonds is 9. The van der Waals surface area contributed by atoms with E-state index in [0.29, 0.717) is 27.2 Å². The predicted octanol–water partition coefficient (Wildman–Crippen LogP) is 6.24. The molecule has 0 N–H and O–H groups in total. The van der Waals surface area contributed by atoms with Crippen LogP contribution in [0.25, 0.3) is 11.8 Å². The molecule has 0 amide bonds. The van der Waals surface area contributed by atoms with E-state index >= 15 is 0 Å². The lowest BCUT2D eigenvalue weighted by atomic mass is 9.93. The van der Waals surface area contributed by atoms with Gasteiger partial charge in [0, 0.05) is 10.5 Å². The fraction of sp³-hybridized carbons (Fsp3) is 0.139. The van der Waals surface area contributed by atoms with Gasteiger partial charge in [-0.1, -0.05) is 96.3 Å². The molecule has 0 fully saturated rings. The van der Waals surface area contributed by atoms with Crippen molar-refractivity contribution in [1.29, 1.82) is 0 Å². The third-order valence-electron chi connectivity index (χ3n) is 7.23. The van der Waals surface area contributed by atoms with Crippen LogP contribution in [-0.4, -0.2) is 23.4 Å². The van der Waals surface area contributed by atoms with Crippen LogP contribution in [0.4, 0.5) is 0 Å². The van der Waals surface area contributed by atoms with E-state index in [-0.39, 0.29) is 12.2 Å². The van der Waals surface area contributed by atoms with Gasteiger partial charge in [-0.25, -0.2) is 9.79 Å². The van der Waals surface area contributed by atoms with E-state index in [1.165, 1.54) is 11.3 Å². The first-order valence-corrected chi connectivity index (χ1v) is 16.3. The Morgan fingerprint density at radius 3 is 2.27 bits per heavy atom.